The molecule has 1 aliphatic heterocycles. The highest BCUT2D eigenvalue weighted by atomic mass is 32.2. The van der Waals surface area contributed by atoms with Crippen LogP contribution in [0.25, 0.3) is 0 Å². The van der Waals surface area contributed by atoms with E-state index >= 15 is 0 Å². The minimum Gasteiger partial charge on any atom is -0.351 e. The number of carbonyl (C=O) groups is 1. The van der Waals surface area contributed by atoms with Crippen molar-refractivity contribution in [2.45, 2.75) is 25.4 Å². The zero-order valence-corrected chi connectivity index (χ0v) is 12.2. The maximum absolute atomic E-state index is 12.1. The zero-order chi connectivity index (χ0) is 14.6. The molecular formula is C13H19N3O3S. The second-order valence-corrected chi connectivity index (χ2v) is 6.51. The molecular weight excluding hydrogens is 278 g/mol. The molecule has 1 unspecified atom stereocenters. The van der Waals surface area contributed by atoms with E-state index in [9.17, 15) is 13.2 Å². The van der Waals surface area contributed by atoms with E-state index in [1.165, 1.54) is 11.4 Å². The van der Waals surface area contributed by atoms with Crippen LogP contribution in [-0.2, 0) is 21.5 Å². The van der Waals surface area contributed by atoms with E-state index in [0.29, 0.717) is 25.9 Å². The van der Waals surface area contributed by atoms with Crippen LogP contribution in [-0.4, -0.2) is 38.3 Å². The molecule has 0 radical (unpaired) electrons. The van der Waals surface area contributed by atoms with Crippen LogP contribution in [0.15, 0.2) is 30.3 Å². The Kier molecular flexibility index (Phi) is 4.74. The molecule has 2 N–H and O–H groups in total. The summed E-state index contributed by atoms with van der Waals surface area (Å²) in [5.41, 5.74) is 0.988. The number of rotatable bonds is 5. The fraction of sp³-hybridized carbons (Fsp3) is 0.462. The molecule has 110 valence electrons. The van der Waals surface area contributed by atoms with Crippen LogP contribution < -0.4 is 10.0 Å². The molecule has 2 rings (SSSR count). The van der Waals surface area contributed by atoms with Crippen LogP contribution >= 0.6 is 0 Å². The number of carbonyl (C=O) groups excluding carboxylic acids is 1. The standard InChI is InChI=1S/C13H19N3O3S/c1-14-20(18,19)16-9-5-8-12(16)13(17)15-10-11-6-3-2-4-7-11/h2-4,6-7,12,14H,5,8-10H2,1H3,(H,15,17). The van der Waals surface area contributed by atoms with Gasteiger partial charge in [0.15, 0.2) is 0 Å². The lowest BCUT2D eigenvalue weighted by Gasteiger charge is -2.22. The average Bonchev–Trinajstić information content (AvgIpc) is 2.96. The quantitative estimate of drug-likeness (QED) is 0.817. The second-order valence-electron chi connectivity index (χ2n) is 4.68. The highest BCUT2D eigenvalue weighted by Gasteiger charge is 2.37. The minimum atomic E-state index is -3.55. The maximum atomic E-state index is 12.1. The Bertz CT molecular complexity index is 559. The fourth-order valence-corrected chi connectivity index (χ4v) is 3.45. The Morgan fingerprint density at radius 3 is 2.70 bits per heavy atom. The second kappa shape index (κ2) is 6.34. The molecule has 0 bridgehead atoms. The highest BCUT2D eigenvalue weighted by molar-refractivity contribution is 7.87. The lowest BCUT2D eigenvalue weighted by atomic mass is 10.2. The van der Waals surface area contributed by atoms with Crippen molar-refractivity contribution in [1.82, 2.24) is 14.3 Å². The van der Waals surface area contributed by atoms with Crippen molar-refractivity contribution >= 4 is 16.1 Å². The smallest absolute Gasteiger partial charge is 0.279 e. The van der Waals surface area contributed by atoms with Crippen LogP contribution in [0.5, 0.6) is 0 Å². The first-order valence-corrected chi connectivity index (χ1v) is 8.00. The molecule has 6 nitrogen and oxygen atoms in total. The van der Waals surface area contributed by atoms with Gasteiger partial charge in [-0.2, -0.15) is 12.7 Å². The lowest BCUT2D eigenvalue weighted by molar-refractivity contribution is -0.124. The Morgan fingerprint density at radius 2 is 2.05 bits per heavy atom. The minimum absolute atomic E-state index is 0.245. The molecule has 1 heterocycles. The maximum Gasteiger partial charge on any atom is 0.279 e. The van der Waals surface area contributed by atoms with E-state index in [4.69, 9.17) is 0 Å². The van der Waals surface area contributed by atoms with Gasteiger partial charge in [0, 0.05) is 20.1 Å². The third-order valence-electron chi connectivity index (χ3n) is 3.38. The first-order valence-electron chi connectivity index (χ1n) is 6.56. The largest absolute Gasteiger partial charge is 0.351 e. The number of hydrogen-bond donors (Lipinski definition) is 2. The van der Waals surface area contributed by atoms with Gasteiger partial charge >= 0.3 is 0 Å². The normalized spacial score (nSPS) is 19.9. The molecule has 0 saturated carbocycles. The monoisotopic (exact) mass is 297 g/mol. The first kappa shape index (κ1) is 15.0. The summed E-state index contributed by atoms with van der Waals surface area (Å²) >= 11 is 0. The summed E-state index contributed by atoms with van der Waals surface area (Å²) in [4.78, 5) is 12.1. The third kappa shape index (κ3) is 3.36. The Morgan fingerprint density at radius 1 is 1.35 bits per heavy atom. The Labute approximate surface area is 119 Å². The van der Waals surface area contributed by atoms with E-state index < -0.39 is 16.3 Å². The molecule has 7 heteroatoms. The third-order valence-corrected chi connectivity index (χ3v) is 4.95. The van der Waals surface area contributed by atoms with Gasteiger partial charge in [-0.3, -0.25) is 4.79 Å². The van der Waals surface area contributed by atoms with E-state index in [1.54, 1.807) is 0 Å². The van der Waals surface area contributed by atoms with Crippen molar-refractivity contribution in [1.29, 1.82) is 0 Å². The number of nitrogens with zero attached hydrogens (tertiary/aromatic N) is 1. The number of hydrogen-bond acceptors (Lipinski definition) is 3. The molecule has 20 heavy (non-hydrogen) atoms. The van der Waals surface area contributed by atoms with E-state index in [-0.39, 0.29) is 5.91 Å². The molecule has 1 saturated heterocycles. The summed E-state index contributed by atoms with van der Waals surface area (Å²) in [6, 6.07) is 8.91. The summed E-state index contributed by atoms with van der Waals surface area (Å²) in [6.07, 6.45) is 1.26. The number of amides is 1. The topological polar surface area (TPSA) is 78.5 Å². The van der Waals surface area contributed by atoms with Gasteiger partial charge in [0.2, 0.25) is 5.91 Å². The van der Waals surface area contributed by atoms with E-state index in [0.717, 1.165) is 5.56 Å². The Hall–Kier alpha value is -1.44. The van der Waals surface area contributed by atoms with Gasteiger partial charge in [-0.15, -0.1) is 0 Å². The molecule has 1 amide bonds. The van der Waals surface area contributed by atoms with Crippen LogP contribution in [0, 0.1) is 0 Å². The van der Waals surface area contributed by atoms with Crippen LogP contribution in [0.1, 0.15) is 18.4 Å². The van der Waals surface area contributed by atoms with Gasteiger partial charge in [0.05, 0.1) is 0 Å². The van der Waals surface area contributed by atoms with Crippen molar-refractivity contribution < 1.29 is 13.2 Å². The molecule has 0 aliphatic carbocycles. The lowest BCUT2D eigenvalue weighted by Crippen LogP contribution is -2.48. The van der Waals surface area contributed by atoms with Crippen molar-refractivity contribution in [2.75, 3.05) is 13.6 Å². The molecule has 1 aliphatic rings. The molecule has 0 spiro atoms. The molecule has 1 atom stereocenters. The van der Waals surface area contributed by atoms with Gasteiger partial charge in [0.25, 0.3) is 10.2 Å². The highest BCUT2D eigenvalue weighted by Crippen LogP contribution is 2.20. The van der Waals surface area contributed by atoms with Crippen molar-refractivity contribution in [3.8, 4) is 0 Å². The SMILES string of the molecule is CNS(=O)(=O)N1CCCC1C(=O)NCc1ccccc1. The molecule has 1 aromatic carbocycles. The average molecular weight is 297 g/mol. The van der Waals surface area contributed by atoms with Gasteiger partial charge in [0.1, 0.15) is 6.04 Å². The predicted octanol–water partition coefficient (Wildman–Crippen LogP) is 0.231. The molecule has 1 fully saturated rings. The van der Waals surface area contributed by atoms with Gasteiger partial charge in [-0.1, -0.05) is 30.3 Å². The van der Waals surface area contributed by atoms with Crippen LogP contribution in [0.2, 0.25) is 0 Å². The molecule has 1 aromatic rings. The first-order chi connectivity index (χ1) is 9.54. The number of benzene rings is 1. The summed E-state index contributed by atoms with van der Waals surface area (Å²) in [7, 11) is -2.20. The number of nitrogens with one attached hydrogen (secondary N) is 2. The van der Waals surface area contributed by atoms with Crippen LogP contribution in [0.4, 0.5) is 0 Å². The Balaban J connectivity index is 1.98. The summed E-state index contributed by atoms with van der Waals surface area (Å²) in [5.74, 6) is -0.245. The molecule has 0 aromatic heterocycles. The fourth-order valence-electron chi connectivity index (χ4n) is 2.31. The predicted molar refractivity (Wildman–Crippen MR) is 76.0 cm³/mol. The van der Waals surface area contributed by atoms with E-state index in [2.05, 4.69) is 10.0 Å². The van der Waals surface area contributed by atoms with Crippen molar-refractivity contribution in [2.24, 2.45) is 0 Å². The van der Waals surface area contributed by atoms with Crippen molar-refractivity contribution in [3.05, 3.63) is 35.9 Å². The summed E-state index contributed by atoms with van der Waals surface area (Å²) in [5, 5.41) is 2.79. The zero-order valence-electron chi connectivity index (χ0n) is 11.4. The summed E-state index contributed by atoms with van der Waals surface area (Å²) < 4.78 is 27.1. The van der Waals surface area contributed by atoms with Gasteiger partial charge in [-0.25, -0.2) is 4.72 Å². The summed E-state index contributed by atoms with van der Waals surface area (Å²) in [6.45, 7) is 0.788. The van der Waals surface area contributed by atoms with Crippen molar-refractivity contribution in [3.63, 3.8) is 0 Å². The van der Waals surface area contributed by atoms with Gasteiger partial charge < -0.3 is 5.32 Å². The van der Waals surface area contributed by atoms with Crippen LogP contribution in [0.3, 0.4) is 0 Å². The van der Waals surface area contributed by atoms with Gasteiger partial charge in [-0.05, 0) is 18.4 Å². The van der Waals surface area contributed by atoms with E-state index in [1.807, 2.05) is 30.3 Å².